The Labute approximate surface area is 199 Å². The number of carbonyl (C=O) groups excluding carboxylic acids is 2. The Balaban J connectivity index is 1.85. The van der Waals surface area contributed by atoms with Gasteiger partial charge in [0.25, 0.3) is 5.91 Å². The van der Waals surface area contributed by atoms with Gasteiger partial charge in [0.1, 0.15) is 19.1 Å². The maximum absolute atomic E-state index is 12.7. The number of methoxy groups -OCH3 is 1. The fourth-order valence-electron chi connectivity index (χ4n) is 2.76. The van der Waals surface area contributed by atoms with Crippen LogP contribution in [0.15, 0.2) is 54.6 Å². The minimum Gasteiger partial charge on any atom is -0.481 e. The zero-order valence-corrected chi connectivity index (χ0v) is 19.1. The van der Waals surface area contributed by atoms with Crippen molar-refractivity contribution in [1.29, 1.82) is 0 Å². The van der Waals surface area contributed by atoms with Crippen molar-refractivity contribution < 1.29 is 33.7 Å². The quantitative estimate of drug-likeness (QED) is 0.127. The standard InChI is InChI=1S/C25H30N2O7/c1-31-16-17-32-19-33-18-22(13-14-24(28)27-30)26-25(29)21-11-9-20(10-12-21)6-5-15-34-23-7-3-2-4-8-23/h2-4,7-12,22,30H,13-19H2,1H3,(H,26,29)(H,27,28). The van der Waals surface area contributed by atoms with Gasteiger partial charge in [-0.05, 0) is 42.8 Å². The van der Waals surface area contributed by atoms with Crippen molar-refractivity contribution in [3.05, 3.63) is 65.7 Å². The van der Waals surface area contributed by atoms with Gasteiger partial charge in [0.05, 0.1) is 25.9 Å². The second-order valence-electron chi connectivity index (χ2n) is 7.11. The smallest absolute Gasteiger partial charge is 0.251 e. The number of nitrogens with one attached hydrogen (secondary N) is 2. The molecule has 0 bridgehead atoms. The number of benzene rings is 2. The monoisotopic (exact) mass is 470 g/mol. The van der Waals surface area contributed by atoms with Crippen molar-refractivity contribution in [2.24, 2.45) is 0 Å². The van der Waals surface area contributed by atoms with Crippen molar-refractivity contribution in [3.8, 4) is 17.6 Å². The van der Waals surface area contributed by atoms with Crippen LogP contribution in [0.1, 0.15) is 28.8 Å². The van der Waals surface area contributed by atoms with Crippen LogP contribution in [-0.4, -0.2) is 63.4 Å². The molecule has 3 N–H and O–H groups in total. The van der Waals surface area contributed by atoms with E-state index < -0.39 is 11.9 Å². The van der Waals surface area contributed by atoms with E-state index in [2.05, 4.69) is 17.2 Å². The summed E-state index contributed by atoms with van der Waals surface area (Å²) < 4.78 is 21.1. The molecule has 0 radical (unpaired) electrons. The first-order valence-corrected chi connectivity index (χ1v) is 10.8. The Morgan fingerprint density at radius 1 is 1.03 bits per heavy atom. The van der Waals surface area contributed by atoms with Crippen molar-refractivity contribution in [2.45, 2.75) is 18.9 Å². The highest BCUT2D eigenvalue weighted by molar-refractivity contribution is 5.94. The van der Waals surface area contributed by atoms with Crippen molar-refractivity contribution in [1.82, 2.24) is 10.8 Å². The molecule has 0 aromatic heterocycles. The number of hydrogen-bond donors (Lipinski definition) is 3. The zero-order valence-electron chi connectivity index (χ0n) is 19.1. The van der Waals surface area contributed by atoms with Crippen LogP contribution in [0.25, 0.3) is 0 Å². The molecule has 2 aromatic carbocycles. The first kappa shape index (κ1) is 26.8. The van der Waals surface area contributed by atoms with Crippen molar-refractivity contribution in [2.75, 3.05) is 40.3 Å². The third kappa shape index (κ3) is 10.9. The van der Waals surface area contributed by atoms with E-state index in [1.165, 1.54) is 0 Å². The average Bonchev–Trinajstić information content (AvgIpc) is 2.87. The lowest BCUT2D eigenvalue weighted by atomic mass is 10.1. The fourth-order valence-corrected chi connectivity index (χ4v) is 2.76. The molecule has 0 heterocycles. The Bertz CT molecular complexity index is 924. The van der Waals surface area contributed by atoms with Crippen LogP contribution in [0, 0.1) is 11.8 Å². The van der Waals surface area contributed by atoms with E-state index in [0.29, 0.717) is 18.8 Å². The molecule has 0 aliphatic carbocycles. The van der Waals surface area contributed by atoms with Crippen molar-refractivity contribution >= 4 is 11.8 Å². The SMILES string of the molecule is COCCOCOCC(CCC(=O)NO)NC(=O)c1ccc(C#CCOc2ccccc2)cc1. The molecule has 0 saturated carbocycles. The lowest BCUT2D eigenvalue weighted by Crippen LogP contribution is -2.39. The van der Waals surface area contributed by atoms with Crippen LogP contribution in [0.2, 0.25) is 0 Å². The molecule has 9 nitrogen and oxygen atoms in total. The van der Waals surface area contributed by atoms with E-state index in [4.69, 9.17) is 24.2 Å². The predicted octanol–water partition coefficient (Wildman–Crippen LogP) is 2.14. The second-order valence-corrected chi connectivity index (χ2v) is 7.11. The largest absolute Gasteiger partial charge is 0.481 e. The van der Waals surface area contributed by atoms with Gasteiger partial charge in [-0.3, -0.25) is 14.8 Å². The topological polar surface area (TPSA) is 115 Å². The normalized spacial score (nSPS) is 11.1. The van der Waals surface area contributed by atoms with Crippen LogP contribution in [0.4, 0.5) is 0 Å². The van der Waals surface area contributed by atoms with Gasteiger partial charge < -0.3 is 24.3 Å². The maximum atomic E-state index is 12.7. The third-order valence-corrected chi connectivity index (χ3v) is 4.53. The first-order valence-electron chi connectivity index (χ1n) is 10.8. The summed E-state index contributed by atoms with van der Waals surface area (Å²) in [5, 5.41) is 11.5. The highest BCUT2D eigenvalue weighted by atomic mass is 16.7. The predicted molar refractivity (Wildman–Crippen MR) is 124 cm³/mol. The molecule has 2 amide bonds. The van der Waals surface area contributed by atoms with Crippen molar-refractivity contribution in [3.63, 3.8) is 0 Å². The van der Waals surface area contributed by atoms with E-state index in [9.17, 15) is 9.59 Å². The van der Waals surface area contributed by atoms with E-state index in [0.717, 1.165) is 11.3 Å². The van der Waals surface area contributed by atoms with Gasteiger partial charge in [-0.2, -0.15) is 0 Å². The molecule has 0 saturated heterocycles. The van der Waals surface area contributed by atoms with E-state index in [-0.39, 0.29) is 38.8 Å². The average molecular weight is 471 g/mol. The molecule has 9 heteroatoms. The number of para-hydroxylation sites is 1. The van der Waals surface area contributed by atoms with Crippen LogP contribution in [0.5, 0.6) is 5.75 Å². The van der Waals surface area contributed by atoms with Crippen LogP contribution < -0.4 is 15.5 Å². The Hall–Kier alpha value is -3.42. The molecule has 1 atom stereocenters. The minimum atomic E-state index is -0.547. The summed E-state index contributed by atoms with van der Waals surface area (Å²) in [6.07, 6.45) is 0.302. The summed E-state index contributed by atoms with van der Waals surface area (Å²) in [4.78, 5) is 24.0. The fraction of sp³-hybridized carbons (Fsp3) is 0.360. The van der Waals surface area contributed by atoms with Gasteiger partial charge in [0, 0.05) is 24.7 Å². The Kier molecular flexibility index (Phi) is 12.8. The van der Waals surface area contributed by atoms with Gasteiger partial charge in [-0.15, -0.1) is 0 Å². The van der Waals surface area contributed by atoms with Crippen LogP contribution in [-0.2, 0) is 19.0 Å². The summed E-state index contributed by atoms with van der Waals surface area (Å²) >= 11 is 0. The number of hydroxylamine groups is 1. The van der Waals surface area contributed by atoms with Gasteiger partial charge in [0.15, 0.2) is 0 Å². The van der Waals surface area contributed by atoms with E-state index >= 15 is 0 Å². The molecule has 34 heavy (non-hydrogen) atoms. The van der Waals surface area contributed by atoms with Gasteiger partial charge >= 0.3 is 0 Å². The number of amides is 2. The molecule has 182 valence electrons. The number of ether oxygens (including phenoxy) is 4. The summed E-state index contributed by atoms with van der Waals surface area (Å²) in [7, 11) is 1.57. The molecular formula is C25H30N2O7. The zero-order chi connectivity index (χ0) is 24.4. The Morgan fingerprint density at radius 2 is 1.79 bits per heavy atom. The van der Waals surface area contributed by atoms with E-state index in [1.54, 1.807) is 36.9 Å². The van der Waals surface area contributed by atoms with Gasteiger partial charge in [-0.1, -0.05) is 30.0 Å². The van der Waals surface area contributed by atoms with Crippen LogP contribution in [0.3, 0.4) is 0 Å². The summed E-state index contributed by atoms with van der Waals surface area (Å²) in [5.41, 5.74) is 2.77. The van der Waals surface area contributed by atoms with Gasteiger partial charge in [-0.25, -0.2) is 5.48 Å². The van der Waals surface area contributed by atoms with E-state index in [1.807, 2.05) is 30.3 Å². The number of carbonyl (C=O) groups is 2. The molecule has 0 aliphatic rings. The summed E-state index contributed by atoms with van der Waals surface area (Å²) in [6.45, 7) is 1.25. The number of hydrogen-bond acceptors (Lipinski definition) is 7. The molecule has 0 fully saturated rings. The highest BCUT2D eigenvalue weighted by Crippen LogP contribution is 2.08. The third-order valence-electron chi connectivity index (χ3n) is 4.53. The molecule has 2 rings (SSSR count). The minimum absolute atomic E-state index is 0.0227. The molecule has 2 aromatic rings. The summed E-state index contributed by atoms with van der Waals surface area (Å²) in [5.74, 6) is 5.82. The van der Waals surface area contributed by atoms with Gasteiger partial charge in [0.2, 0.25) is 5.91 Å². The van der Waals surface area contributed by atoms with Crippen LogP contribution >= 0.6 is 0 Å². The molecular weight excluding hydrogens is 440 g/mol. The maximum Gasteiger partial charge on any atom is 0.251 e. The lowest BCUT2D eigenvalue weighted by molar-refractivity contribution is -0.129. The second kappa shape index (κ2) is 16.2. The highest BCUT2D eigenvalue weighted by Gasteiger charge is 2.16. The molecule has 0 spiro atoms. The number of rotatable bonds is 14. The summed E-state index contributed by atoms with van der Waals surface area (Å²) in [6, 6.07) is 15.8. The Morgan fingerprint density at radius 3 is 2.50 bits per heavy atom. The molecule has 1 unspecified atom stereocenters. The molecule has 0 aliphatic heterocycles. The lowest BCUT2D eigenvalue weighted by Gasteiger charge is -2.18. The first-order chi connectivity index (χ1) is 16.6.